The molecule has 0 bridgehead atoms. The monoisotopic (exact) mass is 428 g/mol. The third kappa shape index (κ3) is 4.33. The Morgan fingerprint density at radius 1 is 1.29 bits per heavy atom. The summed E-state index contributed by atoms with van der Waals surface area (Å²) >= 11 is 2.65. The van der Waals surface area contributed by atoms with Crippen molar-refractivity contribution in [3.63, 3.8) is 0 Å². The molecule has 150 valence electrons. The maximum atomic E-state index is 12.8. The van der Waals surface area contributed by atoms with E-state index >= 15 is 0 Å². The minimum Gasteiger partial charge on any atom is -0.348 e. The first-order valence-electron chi connectivity index (χ1n) is 8.50. The van der Waals surface area contributed by atoms with Crippen molar-refractivity contribution in [1.29, 1.82) is 0 Å². The van der Waals surface area contributed by atoms with E-state index in [0.29, 0.717) is 5.56 Å². The molecule has 0 aromatic carbocycles. The van der Waals surface area contributed by atoms with Crippen LogP contribution in [0.25, 0.3) is 0 Å². The molecule has 10 heteroatoms. The van der Waals surface area contributed by atoms with Gasteiger partial charge in [-0.3, -0.25) is 4.79 Å². The van der Waals surface area contributed by atoms with Gasteiger partial charge in [0, 0.05) is 35.4 Å². The summed E-state index contributed by atoms with van der Waals surface area (Å²) in [5, 5.41) is 8.82. The number of carbonyl (C=O) groups is 1. The van der Waals surface area contributed by atoms with E-state index in [1.807, 2.05) is 31.4 Å². The fraction of sp³-hybridized carbons (Fsp3) is 0.389. The summed E-state index contributed by atoms with van der Waals surface area (Å²) in [6.45, 7) is 4.61. The van der Waals surface area contributed by atoms with Gasteiger partial charge >= 0.3 is 6.18 Å². The van der Waals surface area contributed by atoms with Crippen LogP contribution in [0, 0.1) is 13.8 Å². The highest BCUT2D eigenvalue weighted by Gasteiger charge is 2.37. The number of aryl methyl sites for hydroxylation is 2. The van der Waals surface area contributed by atoms with Crippen molar-refractivity contribution in [3.05, 3.63) is 51.2 Å². The van der Waals surface area contributed by atoms with E-state index in [2.05, 4.69) is 20.8 Å². The summed E-state index contributed by atoms with van der Waals surface area (Å²) in [5.41, 5.74) is 2.45. The van der Waals surface area contributed by atoms with E-state index in [0.717, 1.165) is 40.7 Å². The zero-order valence-electron chi connectivity index (χ0n) is 15.6. The molecule has 0 N–H and O–H groups in total. The average molecular weight is 429 g/mol. The Morgan fingerprint density at radius 3 is 2.64 bits per heavy atom. The molecule has 0 saturated heterocycles. The van der Waals surface area contributed by atoms with Crippen LogP contribution in [0.15, 0.2) is 28.7 Å². The number of halogens is 3. The number of thiophene rings is 1. The van der Waals surface area contributed by atoms with Crippen LogP contribution in [0.5, 0.6) is 0 Å². The van der Waals surface area contributed by atoms with Crippen molar-refractivity contribution < 1.29 is 18.0 Å². The highest BCUT2D eigenvalue weighted by molar-refractivity contribution is 7.99. The predicted octanol–water partition coefficient (Wildman–Crippen LogP) is 4.53. The second-order valence-electron chi connectivity index (χ2n) is 6.34. The van der Waals surface area contributed by atoms with Crippen LogP contribution < -0.4 is 0 Å². The SMILES string of the molecule is Cc1cc(C(=O)CSc2nnc(C(F)(F)F)n2C)c(C)n1CCc1cccs1. The number of ketones is 1. The summed E-state index contributed by atoms with van der Waals surface area (Å²) in [5.74, 6) is -1.22. The number of rotatable bonds is 7. The number of thioether (sulfide) groups is 1. The maximum Gasteiger partial charge on any atom is 0.451 e. The molecular formula is C18H19F3N4OS2. The molecule has 3 rings (SSSR count). The van der Waals surface area contributed by atoms with Gasteiger partial charge in [-0.05, 0) is 37.8 Å². The van der Waals surface area contributed by atoms with Crippen LogP contribution in [0.2, 0.25) is 0 Å². The fourth-order valence-electron chi connectivity index (χ4n) is 3.00. The first-order valence-corrected chi connectivity index (χ1v) is 10.4. The number of hydrogen-bond acceptors (Lipinski definition) is 5. The standard InChI is InChI=1S/C18H19F3N4OS2/c1-11-9-14(12(2)25(11)7-6-13-5-4-8-27-13)15(26)10-28-17-23-22-16(24(17)3)18(19,20)21/h4-5,8-9H,6-7,10H2,1-3H3. The molecule has 3 aromatic heterocycles. The van der Waals surface area contributed by atoms with Crippen molar-refractivity contribution in [2.75, 3.05) is 5.75 Å². The molecule has 0 aliphatic carbocycles. The fourth-order valence-corrected chi connectivity index (χ4v) is 4.49. The second kappa shape index (κ2) is 8.12. The minimum atomic E-state index is -4.57. The second-order valence-corrected chi connectivity index (χ2v) is 8.32. The first kappa shape index (κ1) is 20.7. The Labute approximate surface area is 168 Å². The number of alkyl halides is 3. The Balaban J connectivity index is 1.68. The average Bonchev–Trinajstić information content (AvgIpc) is 3.32. The Hall–Kier alpha value is -2.07. The van der Waals surface area contributed by atoms with Crippen molar-refractivity contribution in [1.82, 2.24) is 19.3 Å². The Bertz CT molecular complexity index is 974. The zero-order valence-corrected chi connectivity index (χ0v) is 17.2. The molecule has 0 aliphatic heterocycles. The molecular weight excluding hydrogens is 409 g/mol. The minimum absolute atomic E-state index is 0.000944. The van der Waals surface area contributed by atoms with Gasteiger partial charge in [-0.15, -0.1) is 21.5 Å². The quantitative estimate of drug-likeness (QED) is 0.410. The predicted molar refractivity (Wildman–Crippen MR) is 103 cm³/mol. The summed E-state index contributed by atoms with van der Waals surface area (Å²) in [6.07, 6.45) is -3.69. The normalized spacial score (nSPS) is 11.9. The van der Waals surface area contributed by atoms with Crippen molar-refractivity contribution >= 4 is 28.9 Å². The summed E-state index contributed by atoms with van der Waals surface area (Å²) in [6, 6.07) is 5.93. The van der Waals surface area contributed by atoms with Crippen LogP contribution in [0.4, 0.5) is 13.2 Å². The van der Waals surface area contributed by atoms with E-state index in [9.17, 15) is 18.0 Å². The van der Waals surface area contributed by atoms with E-state index in [4.69, 9.17) is 0 Å². The van der Waals surface area contributed by atoms with Gasteiger partial charge in [-0.1, -0.05) is 17.8 Å². The van der Waals surface area contributed by atoms with Crippen LogP contribution in [-0.4, -0.2) is 30.9 Å². The van der Waals surface area contributed by atoms with Crippen LogP contribution in [0.3, 0.4) is 0 Å². The molecule has 3 heterocycles. The van der Waals surface area contributed by atoms with Gasteiger partial charge in [0.15, 0.2) is 10.9 Å². The first-order chi connectivity index (χ1) is 13.2. The molecule has 5 nitrogen and oxygen atoms in total. The number of aromatic nitrogens is 4. The van der Waals surface area contributed by atoms with Crippen LogP contribution in [0.1, 0.15) is 32.4 Å². The molecule has 3 aromatic rings. The van der Waals surface area contributed by atoms with Crippen molar-refractivity contribution in [3.8, 4) is 0 Å². The summed E-state index contributed by atoms with van der Waals surface area (Å²) < 4.78 is 41.4. The summed E-state index contributed by atoms with van der Waals surface area (Å²) in [7, 11) is 1.24. The third-order valence-electron chi connectivity index (χ3n) is 4.46. The smallest absolute Gasteiger partial charge is 0.348 e. The number of nitrogens with zero attached hydrogens (tertiary/aromatic N) is 4. The van der Waals surface area contributed by atoms with E-state index in [1.54, 1.807) is 11.3 Å². The van der Waals surface area contributed by atoms with Gasteiger partial charge in [-0.2, -0.15) is 13.2 Å². The Morgan fingerprint density at radius 2 is 2.04 bits per heavy atom. The van der Waals surface area contributed by atoms with Crippen LogP contribution >= 0.6 is 23.1 Å². The van der Waals surface area contributed by atoms with Gasteiger partial charge in [0.2, 0.25) is 5.82 Å². The lowest BCUT2D eigenvalue weighted by atomic mass is 10.2. The van der Waals surface area contributed by atoms with E-state index < -0.39 is 12.0 Å². The molecule has 0 aliphatic rings. The Kier molecular flexibility index (Phi) is 5.99. The highest BCUT2D eigenvalue weighted by Crippen LogP contribution is 2.30. The lowest BCUT2D eigenvalue weighted by molar-refractivity contribution is -0.147. The van der Waals surface area contributed by atoms with Crippen molar-refractivity contribution in [2.24, 2.45) is 7.05 Å². The van der Waals surface area contributed by atoms with E-state index in [1.165, 1.54) is 11.9 Å². The van der Waals surface area contributed by atoms with Gasteiger partial charge in [0.25, 0.3) is 0 Å². The number of carbonyl (C=O) groups excluding carboxylic acids is 1. The molecule has 0 fully saturated rings. The molecule has 0 unspecified atom stereocenters. The zero-order chi connectivity index (χ0) is 20.5. The van der Waals surface area contributed by atoms with Gasteiger partial charge < -0.3 is 9.13 Å². The molecule has 0 spiro atoms. The lowest BCUT2D eigenvalue weighted by Gasteiger charge is -2.09. The number of Topliss-reactive ketones (excluding diaryl/α,β-unsaturated/α-hetero) is 1. The third-order valence-corrected chi connectivity index (χ3v) is 6.41. The maximum absolute atomic E-state index is 12.8. The summed E-state index contributed by atoms with van der Waals surface area (Å²) in [4.78, 5) is 13.9. The molecule has 0 saturated carbocycles. The molecule has 0 amide bonds. The van der Waals surface area contributed by atoms with Crippen LogP contribution in [-0.2, 0) is 26.2 Å². The lowest BCUT2D eigenvalue weighted by Crippen LogP contribution is -2.13. The van der Waals surface area contributed by atoms with Crippen molar-refractivity contribution in [2.45, 2.75) is 38.1 Å². The molecule has 0 atom stereocenters. The van der Waals surface area contributed by atoms with Gasteiger partial charge in [0.1, 0.15) is 0 Å². The molecule has 28 heavy (non-hydrogen) atoms. The largest absolute Gasteiger partial charge is 0.451 e. The highest BCUT2D eigenvalue weighted by atomic mass is 32.2. The van der Waals surface area contributed by atoms with E-state index in [-0.39, 0.29) is 16.7 Å². The number of hydrogen-bond donors (Lipinski definition) is 0. The molecule has 0 radical (unpaired) electrons. The van der Waals surface area contributed by atoms with Gasteiger partial charge in [-0.25, -0.2) is 0 Å². The topological polar surface area (TPSA) is 52.7 Å². The van der Waals surface area contributed by atoms with Gasteiger partial charge in [0.05, 0.1) is 5.75 Å².